The van der Waals surface area contributed by atoms with Crippen LogP contribution in [0.3, 0.4) is 0 Å². The van der Waals surface area contributed by atoms with Crippen LogP contribution in [0.5, 0.6) is 0 Å². The first-order valence-electron chi connectivity index (χ1n) is 10.2. The predicted octanol–water partition coefficient (Wildman–Crippen LogP) is 3.97. The molecule has 1 atom stereocenters. The highest BCUT2D eigenvalue weighted by Gasteiger charge is 2.26. The molecule has 1 unspecified atom stereocenters. The molecule has 1 aromatic heterocycles. The van der Waals surface area contributed by atoms with Gasteiger partial charge in [-0.2, -0.15) is 0 Å². The van der Waals surface area contributed by atoms with E-state index in [0.29, 0.717) is 18.0 Å². The van der Waals surface area contributed by atoms with E-state index in [1.165, 1.54) is 11.8 Å². The number of thioether (sulfide) groups is 1. The average molecular weight is 412 g/mol. The normalized spacial score (nSPS) is 15.7. The van der Waals surface area contributed by atoms with Gasteiger partial charge >= 0.3 is 0 Å². The molecule has 0 bridgehead atoms. The van der Waals surface area contributed by atoms with Gasteiger partial charge in [-0.25, -0.2) is 4.98 Å². The number of hydrogen-bond donors (Lipinski definition) is 1. The molecular formula is C23H29N3O2S. The van der Waals surface area contributed by atoms with E-state index in [2.05, 4.69) is 10.3 Å². The van der Waals surface area contributed by atoms with Crippen LogP contribution in [0, 0.1) is 5.92 Å². The molecular weight excluding hydrogens is 382 g/mol. The number of piperidine rings is 1. The van der Waals surface area contributed by atoms with Gasteiger partial charge in [-0.15, -0.1) is 11.8 Å². The molecule has 0 radical (unpaired) electrons. The molecule has 0 spiro atoms. The molecule has 2 heterocycles. The second kappa shape index (κ2) is 10.4. The maximum atomic E-state index is 12.8. The Hall–Kier alpha value is -2.34. The summed E-state index contributed by atoms with van der Waals surface area (Å²) in [4.78, 5) is 31.7. The first-order chi connectivity index (χ1) is 14.1. The molecule has 6 heteroatoms. The quantitative estimate of drug-likeness (QED) is 0.701. The summed E-state index contributed by atoms with van der Waals surface area (Å²) < 4.78 is 0. The molecule has 1 fully saturated rings. The van der Waals surface area contributed by atoms with E-state index < -0.39 is 0 Å². The Morgan fingerprint density at radius 1 is 1.17 bits per heavy atom. The van der Waals surface area contributed by atoms with Crippen molar-refractivity contribution in [1.82, 2.24) is 15.2 Å². The van der Waals surface area contributed by atoms with E-state index in [-0.39, 0.29) is 17.7 Å². The number of pyridine rings is 1. The Bertz CT molecular complexity index is 820. The van der Waals surface area contributed by atoms with Gasteiger partial charge in [0.1, 0.15) is 5.03 Å². The van der Waals surface area contributed by atoms with Crippen LogP contribution in [-0.2, 0) is 4.79 Å². The third-order valence-corrected chi connectivity index (χ3v) is 6.30. The van der Waals surface area contributed by atoms with Crippen molar-refractivity contribution < 1.29 is 9.59 Å². The molecule has 1 aliphatic rings. The van der Waals surface area contributed by atoms with E-state index in [9.17, 15) is 9.59 Å². The SMILES string of the molecule is CCC(C(=O)NCC1CCN(C(=O)c2cccnc2SC)CC1)c1ccccc1. The summed E-state index contributed by atoms with van der Waals surface area (Å²) in [5, 5.41) is 3.92. The molecule has 5 nitrogen and oxygen atoms in total. The summed E-state index contributed by atoms with van der Waals surface area (Å²) in [6.45, 7) is 4.16. The lowest BCUT2D eigenvalue weighted by Gasteiger charge is -2.32. The third-order valence-electron chi connectivity index (χ3n) is 5.59. The Kier molecular flexibility index (Phi) is 7.69. The molecule has 3 rings (SSSR count). The Labute approximate surface area is 177 Å². The van der Waals surface area contributed by atoms with Crippen LogP contribution in [0.25, 0.3) is 0 Å². The number of rotatable bonds is 7. The van der Waals surface area contributed by atoms with Gasteiger partial charge in [0, 0.05) is 25.8 Å². The van der Waals surface area contributed by atoms with Crippen molar-refractivity contribution in [2.45, 2.75) is 37.1 Å². The Morgan fingerprint density at radius 2 is 1.90 bits per heavy atom. The van der Waals surface area contributed by atoms with Gasteiger partial charge in [0.05, 0.1) is 11.5 Å². The number of carbonyl (C=O) groups excluding carboxylic acids is 2. The van der Waals surface area contributed by atoms with Crippen LogP contribution >= 0.6 is 11.8 Å². The largest absolute Gasteiger partial charge is 0.355 e. The number of aromatic nitrogens is 1. The number of amides is 2. The molecule has 1 aromatic carbocycles. The highest BCUT2D eigenvalue weighted by Crippen LogP contribution is 2.23. The summed E-state index contributed by atoms with van der Waals surface area (Å²) in [6, 6.07) is 13.6. The maximum Gasteiger partial charge on any atom is 0.256 e. The highest BCUT2D eigenvalue weighted by atomic mass is 32.2. The first-order valence-corrected chi connectivity index (χ1v) is 11.5. The third kappa shape index (κ3) is 5.38. The fourth-order valence-corrected chi connectivity index (χ4v) is 4.39. The maximum absolute atomic E-state index is 12.8. The summed E-state index contributed by atoms with van der Waals surface area (Å²) in [5.41, 5.74) is 1.74. The van der Waals surface area contributed by atoms with Gasteiger partial charge in [-0.1, -0.05) is 37.3 Å². The monoisotopic (exact) mass is 411 g/mol. The second-order valence-electron chi connectivity index (χ2n) is 7.41. The van der Waals surface area contributed by atoms with Gasteiger partial charge in [-0.3, -0.25) is 9.59 Å². The van der Waals surface area contributed by atoms with Crippen molar-refractivity contribution in [3.05, 3.63) is 59.8 Å². The van der Waals surface area contributed by atoms with E-state index in [1.807, 2.05) is 60.5 Å². The van der Waals surface area contributed by atoms with Crippen molar-refractivity contribution in [3.63, 3.8) is 0 Å². The Morgan fingerprint density at radius 3 is 2.55 bits per heavy atom. The van der Waals surface area contributed by atoms with Crippen molar-refractivity contribution in [3.8, 4) is 0 Å². The number of nitrogens with zero attached hydrogens (tertiary/aromatic N) is 2. The van der Waals surface area contributed by atoms with Gasteiger partial charge in [0.15, 0.2) is 0 Å². The lowest BCUT2D eigenvalue weighted by molar-refractivity contribution is -0.122. The lowest BCUT2D eigenvalue weighted by atomic mass is 9.93. The smallest absolute Gasteiger partial charge is 0.256 e. The highest BCUT2D eigenvalue weighted by molar-refractivity contribution is 7.98. The minimum absolute atomic E-state index is 0.0556. The van der Waals surface area contributed by atoms with Crippen LogP contribution in [-0.4, -0.2) is 47.6 Å². The van der Waals surface area contributed by atoms with E-state index >= 15 is 0 Å². The standard InChI is InChI=1S/C23H29N3O2S/c1-3-19(18-8-5-4-6-9-18)21(27)25-16-17-11-14-26(15-12-17)23(28)20-10-7-13-24-22(20)29-2/h4-10,13,17,19H,3,11-12,14-16H2,1-2H3,(H,25,27). The fourth-order valence-electron chi connectivity index (χ4n) is 3.85. The number of likely N-dealkylation sites (tertiary alicyclic amines) is 1. The number of benzene rings is 1. The predicted molar refractivity (Wildman–Crippen MR) is 117 cm³/mol. The molecule has 2 aromatic rings. The van der Waals surface area contributed by atoms with Gasteiger partial charge in [-0.05, 0) is 49.1 Å². The molecule has 29 heavy (non-hydrogen) atoms. The molecule has 154 valence electrons. The zero-order valence-corrected chi connectivity index (χ0v) is 18.0. The molecule has 1 N–H and O–H groups in total. The van der Waals surface area contributed by atoms with Crippen LogP contribution < -0.4 is 5.32 Å². The van der Waals surface area contributed by atoms with Crippen LogP contribution in [0.2, 0.25) is 0 Å². The molecule has 0 saturated carbocycles. The van der Waals surface area contributed by atoms with Crippen molar-refractivity contribution in [2.24, 2.45) is 5.92 Å². The van der Waals surface area contributed by atoms with E-state index in [1.54, 1.807) is 6.20 Å². The summed E-state index contributed by atoms with van der Waals surface area (Å²) in [7, 11) is 0. The van der Waals surface area contributed by atoms with Crippen molar-refractivity contribution in [1.29, 1.82) is 0 Å². The molecule has 0 aliphatic carbocycles. The topological polar surface area (TPSA) is 62.3 Å². The first kappa shape index (κ1) is 21.4. The Balaban J connectivity index is 1.50. The average Bonchev–Trinajstić information content (AvgIpc) is 2.78. The van der Waals surface area contributed by atoms with Crippen molar-refractivity contribution >= 4 is 23.6 Å². The van der Waals surface area contributed by atoms with Crippen LogP contribution in [0.4, 0.5) is 0 Å². The van der Waals surface area contributed by atoms with Crippen molar-refractivity contribution in [2.75, 3.05) is 25.9 Å². The minimum atomic E-state index is -0.103. The number of carbonyl (C=O) groups is 2. The zero-order chi connectivity index (χ0) is 20.6. The number of hydrogen-bond acceptors (Lipinski definition) is 4. The van der Waals surface area contributed by atoms with E-state index in [4.69, 9.17) is 0 Å². The zero-order valence-electron chi connectivity index (χ0n) is 17.1. The molecule has 1 aliphatic heterocycles. The fraction of sp³-hybridized carbons (Fsp3) is 0.435. The minimum Gasteiger partial charge on any atom is -0.355 e. The summed E-state index contributed by atoms with van der Waals surface area (Å²) >= 11 is 1.50. The summed E-state index contributed by atoms with van der Waals surface area (Å²) in [5.74, 6) is 0.454. The van der Waals surface area contributed by atoms with E-state index in [0.717, 1.165) is 42.9 Å². The van der Waals surface area contributed by atoms with Gasteiger partial charge < -0.3 is 10.2 Å². The molecule has 1 saturated heterocycles. The second-order valence-corrected chi connectivity index (χ2v) is 8.21. The summed E-state index contributed by atoms with van der Waals surface area (Å²) in [6.07, 6.45) is 6.25. The molecule has 2 amide bonds. The number of nitrogens with one attached hydrogen (secondary N) is 1. The van der Waals surface area contributed by atoms with Crippen LogP contribution in [0.15, 0.2) is 53.7 Å². The van der Waals surface area contributed by atoms with Gasteiger partial charge in [0.25, 0.3) is 5.91 Å². The van der Waals surface area contributed by atoms with Gasteiger partial charge in [0.2, 0.25) is 5.91 Å². The lowest BCUT2D eigenvalue weighted by Crippen LogP contribution is -2.42. The van der Waals surface area contributed by atoms with Crippen LogP contribution in [0.1, 0.15) is 48.0 Å².